The molecule has 0 saturated carbocycles. The van der Waals surface area contributed by atoms with Gasteiger partial charge in [0.1, 0.15) is 0 Å². The molecule has 1 aliphatic heterocycles. The first-order valence-electron chi connectivity index (χ1n) is 6.56. The molecule has 2 atom stereocenters. The van der Waals surface area contributed by atoms with E-state index in [0.29, 0.717) is 12.0 Å². The van der Waals surface area contributed by atoms with Gasteiger partial charge in [-0.2, -0.15) is 0 Å². The molecule has 0 bridgehead atoms. The second kappa shape index (κ2) is 5.35. The number of hydrogen-bond donors (Lipinski definition) is 0. The van der Waals surface area contributed by atoms with E-state index in [0.717, 1.165) is 25.8 Å². The van der Waals surface area contributed by atoms with E-state index in [4.69, 9.17) is 0 Å². The summed E-state index contributed by atoms with van der Waals surface area (Å²) in [5.74, 6) is 0.712. The Morgan fingerprint density at radius 3 is 2.71 bits per heavy atom. The Labute approximate surface area is 104 Å². The average Bonchev–Trinajstić information content (AvgIpc) is 2.81. The second-order valence-electron chi connectivity index (χ2n) is 4.85. The van der Waals surface area contributed by atoms with Gasteiger partial charge < -0.3 is 4.90 Å². The van der Waals surface area contributed by atoms with E-state index >= 15 is 0 Å². The van der Waals surface area contributed by atoms with Crippen molar-refractivity contribution in [2.75, 3.05) is 6.54 Å². The highest BCUT2D eigenvalue weighted by molar-refractivity contribution is 5.74. The van der Waals surface area contributed by atoms with Gasteiger partial charge in [-0.25, -0.2) is 0 Å². The van der Waals surface area contributed by atoms with Crippen LogP contribution in [0.1, 0.15) is 44.6 Å². The van der Waals surface area contributed by atoms with E-state index in [1.807, 2.05) is 6.07 Å². The van der Waals surface area contributed by atoms with E-state index in [9.17, 15) is 4.79 Å². The van der Waals surface area contributed by atoms with Crippen LogP contribution in [0.25, 0.3) is 0 Å². The lowest BCUT2D eigenvalue weighted by atomic mass is 9.88. The number of rotatable bonds is 3. The maximum absolute atomic E-state index is 11.6. The van der Waals surface area contributed by atoms with Crippen molar-refractivity contribution < 1.29 is 4.79 Å². The van der Waals surface area contributed by atoms with Crippen LogP contribution in [0.15, 0.2) is 30.3 Å². The third kappa shape index (κ3) is 2.51. The molecule has 2 heteroatoms. The number of nitrogens with zero attached hydrogens (tertiary/aromatic N) is 1. The number of benzene rings is 1. The zero-order valence-electron chi connectivity index (χ0n) is 10.7. The standard InChI is InChI=1S/C15H21NO/c1-3-14(13-8-5-4-6-9-13)15-10-7-11-16(15)12(2)17/h4-6,8-9,14-15H,3,7,10-11H2,1-2H3. The molecule has 2 nitrogen and oxygen atoms in total. The van der Waals surface area contributed by atoms with Gasteiger partial charge in [0, 0.05) is 25.4 Å². The molecule has 1 aromatic rings. The molecule has 0 radical (unpaired) electrons. The highest BCUT2D eigenvalue weighted by Gasteiger charge is 2.32. The predicted molar refractivity (Wildman–Crippen MR) is 69.9 cm³/mol. The van der Waals surface area contributed by atoms with Crippen LogP contribution < -0.4 is 0 Å². The summed E-state index contributed by atoms with van der Waals surface area (Å²) in [5.41, 5.74) is 1.37. The van der Waals surface area contributed by atoms with Crippen LogP contribution in [0, 0.1) is 0 Å². The quantitative estimate of drug-likeness (QED) is 0.782. The largest absolute Gasteiger partial charge is 0.339 e. The minimum atomic E-state index is 0.224. The Kier molecular flexibility index (Phi) is 3.82. The minimum Gasteiger partial charge on any atom is -0.339 e. The van der Waals surface area contributed by atoms with Gasteiger partial charge in [0.15, 0.2) is 0 Å². The number of carbonyl (C=O) groups is 1. The van der Waals surface area contributed by atoms with Crippen molar-refractivity contribution in [3.63, 3.8) is 0 Å². The van der Waals surface area contributed by atoms with E-state index in [-0.39, 0.29) is 5.91 Å². The third-order valence-electron chi connectivity index (χ3n) is 3.84. The zero-order valence-corrected chi connectivity index (χ0v) is 10.7. The highest BCUT2D eigenvalue weighted by atomic mass is 16.2. The SMILES string of the molecule is CCC(c1ccccc1)C1CCCN1C(C)=O. The molecule has 92 valence electrons. The summed E-state index contributed by atoms with van der Waals surface area (Å²) < 4.78 is 0. The fourth-order valence-electron chi connectivity index (χ4n) is 3.03. The van der Waals surface area contributed by atoms with Crippen LogP contribution in [-0.2, 0) is 4.79 Å². The molecule has 0 N–H and O–H groups in total. The van der Waals surface area contributed by atoms with Gasteiger partial charge in [0.2, 0.25) is 5.91 Å². The Balaban J connectivity index is 2.21. The lowest BCUT2D eigenvalue weighted by Gasteiger charge is -2.30. The van der Waals surface area contributed by atoms with Gasteiger partial charge in [-0.1, -0.05) is 37.3 Å². The molecule has 2 rings (SSSR count). The summed E-state index contributed by atoms with van der Waals surface area (Å²) in [6.45, 7) is 4.84. The first-order valence-corrected chi connectivity index (χ1v) is 6.56. The lowest BCUT2D eigenvalue weighted by molar-refractivity contribution is -0.130. The topological polar surface area (TPSA) is 20.3 Å². The molecule has 1 aliphatic rings. The summed E-state index contributed by atoms with van der Waals surface area (Å²) >= 11 is 0. The summed E-state index contributed by atoms with van der Waals surface area (Å²) in [6, 6.07) is 11.0. The van der Waals surface area contributed by atoms with E-state index < -0.39 is 0 Å². The van der Waals surface area contributed by atoms with Crippen molar-refractivity contribution in [1.29, 1.82) is 0 Å². The van der Waals surface area contributed by atoms with Crippen molar-refractivity contribution in [3.05, 3.63) is 35.9 Å². The Hall–Kier alpha value is -1.31. The van der Waals surface area contributed by atoms with E-state index in [2.05, 4.69) is 36.1 Å². The van der Waals surface area contributed by atoms with Crippen molar-refractivity contribution in [1.82, 2.24) is 4.90 Å². The molecular weight excluding hydrogens is 210 g/mol. The summed E-state index contributed by atoms with van der Waals surface area (Å²) in [7, 11) is 0. The molecule has 0 aliphatic carbocycles. The highest BCUT2D eigenvalue weighted by Crippen LogP contribution is 2.33. The minimum absolute atomic E-state index is 0.224. The fourth-order valence-corrected chi connectivity index (χ4v) is 3.03. The smallest absolute Gasteiger partial charge is 0.219 e. The first-order chi connectivity index (χ1) is 8.24. The van der Waals surface area contributed by atoms with Crippen LogP contribution >= 0.6 is 0 Å². The van der Waals surface area contributed by atoms with Gasteiger partial charge in [-0.05, 0) is 24.8 Å². The van der Waals surface area contributed by atoms with Gasteiger partial charge in [-0.3, -0.25) is 4.79 Å². The van der Waals surface area contributed by atoms with Gasteiger partial charge in [-0.15, -0.1) is 0 Å². The predicted octanol–water partition coefficient (Wildman–Crippen LogP) is 3.19. The average molecular weight is 231 g/mol. The maximum Gasteiger partial charge on any atom is 0.219 e. The molecule has 1 fully saturated rings. The van der Waals surface area contributed by atoms with Gasteiger partial charge >= 0.3 is 0 Å². The van der Waals surface area contributed by atoms with Crippen molar-refractivity contribution >= 4 is 5.91 Å². The number of amides is 1. The second-order valence-corrected chi connectivity index (χ2v) is 4.85. The number of hydrogen-bond acceptors (Lipinski definition) is 1. The number of carbonyl (C=O) groups excluding carboxylic acids is 1. The monoisotopic (exact) mass is 231 g/mol. The van der Waals surface area contributed by atoms with Crippen LogP contribution in [0.5, 0.6) is 0 Å². The normalized spacial score (nSPS) is 21.5. The summed E-state index contributed by atoms with van der Waals surface area (Å²) in [4.78, 5) is 13.7. The lowest BCUT2D eigenvalue weighted by Crippen LogP contribution is -2.37. The van der Waals surface area contributed by atoms with Crippen LogP contribution in [0.4, 0.5) is 0 Å². The molecule has 1 amide bonds. The molecule has 0 aromatic heterocycles. The number of likely N-dealkylation sites (tertiary alicyclic amines) is 1. The van der Waals surface area contributed by atoms with Crippen molar-refractivity contribution in [3.8, 4) is 0 Å². The molecule has 1 aromatic carbocycles. The van der Waals surface area contributed by atoms with Crippen molar-refractivity contribution in [2.45, 2.75) is 45.1 Å². The Morgan fingerprint density at radius 1 is 1.41 bits per heavy atom. The fraction of sp³-hybridized carbons (Fsp3) is 0.533. The molecule has 1 heterocycles. The first kappa shape index (κ1) is 12.2. The third-order valence-corrected chi connectivity index (χ3v) is 3.84. The van der Waals surface area contributed by atoms with Gasteiger partial charge in [0.25, 0.3) is 0 Å². The molecule has 1 saturated heterocycles. The maximum atomic E-state index is 11.6. The summed E-state index contributed by atoms with van der Waals surface area (Å²) in [5, 5.41) is 0. The van der Waals surface area contributed by atoms with E-state index in [1.165, 1.54) is 5.56 Å². The summed E-state index contributed by atoms with van der Waals surface area (Å²) in [6.07, 6.45) is 3.39. The molecule has 2 unspecified atom stereocenters. The van der Waals surface area contributed by atoms with Crippen LogP contribution in [-0.4, -0.2) is 23.4 Å². The Bertz CT molecular complexity index is 374. The zero-order chi connectivity index (χ0) is 12.3. The molecule has 0 spiro atoms. The van der Waals surface area contributed by atoms with E-state index in [1.54, 1.807) is 6.92 Å². The van der Waals surface area contributed by atoms with Crippen molar-refractivity contribution in [2.24, 2.45) is 0 Å². The van der Waals surface area contributed by atoms with Gasteiger partial charge in [0.05, 0.1) is 0 Å². The van der Waals surface area contributed by atoms with Crippen LogP contribution in [0.2, 0.25) is 0 Å². The molecule has 17 heavy (non-hydrogen) atoms. The molecular formula is C15H21NO. The Morgan fingerprint density at radius 2 is 2.12 bits per heavy atom. The van der Waals surface area contributed by atoms with Crippen LogP contribution in [0.3, 0.4) is 0 Å².